The summed E-state index contributed by atoms with van der Waals surface area (Å²) in [5.74, 6) is -1.88. The first-order valence-electron chi connectivity index (χ1n) is 10.6. The lowest BCUT2D eigenvalue weighted by molar-refractivity contribution is -0.144. The van der Waals surface area contributed by atoms with E-state index in [1.54, 1.807) is 0 Å². The van der Waals surface area contributed by atoms with E-state index in [4.69, 9.17) is 10.5 Å². The normalized spacial score (nSPS) is 16.7. The van der Waals surface area contributed by atoms with Crippen LogP contribution in [0.25, 0.3) is 0 Å². The van der Waals surface area contributed by atoms with Gasteiger partial charge in [0.2, 0.25) is 5.91 Å². The van der Waals surface area contributed by atoms with E-state index in [2.05, 4.69) is 5.32 Å². The summed E-state index contributed by atoms with van der Waals surface area (Å²) >= 11 is 0. The lowest BCUT2D eigenvalue weighted by atomic mass is 9.92. The first-order valence-corrected chi connectivity index (χ1v) is 10.6. The van der Waals surface area contributed by atoms with Gasteiger partial charge in [-0.3, -0.25) is 9.59 Å². The van der Waals surface area contributed by atoms with Crippen molar-refractivity contribution in [2.75, 3.05) is 13.2 Å². The van der Waals surface area contributed by atoms with Crippen LogP contribution in [0.5, 0.6) is 0 Å². The standard InChI is InChI=1S/C23H27F4N3O3/c1-22(2,21(28)32)13-29-20(31)19-15(10-14-5-7-16(24)8-6-14)11-18(23(25,26)27)30(19)12-17-4-3-9-33-17/h5-8,11,17H,3-4,9-10,12-13H2,1-2H3,(H2,28,32)(H,29,31). The Labute approximate surface area is 189 Å². The maximum absolute atomic E-state index is 13.9. The van der Waals surface area contributed by atoms with Gasteiger partial charge in [-0.15, -0.1) is 0 Å². The topological polar surface area (TPSA) is 86.3 Å². The number of nitrogens with one attached hydrogen (secondary N) is 1. The van der Waals surface area contributed by atoms with Gasteiger partial charge < -0.3 is 20.4 Å². The Morgan fingerprint density at radius 1 is 1.21 bits per heavy atom. The highest BCUT2D eigenvalue weighted by Crippen LogP contribution is 2.35. The highest BCUT2D eigenvalue weighted by molar-refractivity contribution is 5.95. The van der Waals surface area contributed by atoms with Crippen molar-refractivity contribution < 1.29 is 31.9 Å². The van der Waals surface area contributed by atoms with Crippen molar-refractivity contribution in [1.82, 2.24) is 9.88 Å². The SMILES string of the molecule is CC(C)(CNC(=O)c1c(Cc2ccc(F)cc2)cc(C(F)(F)F)n1CC1CCCO1)C(N)=O. The average Bonchev–Trinajstić information content (AvgIpc) is 3.36. The van der Waals surface area contributed by atoms with Crippen LogP contribution in [0.2, 0.25) is 0 Å². The number of rotatable bonds is 8. The molecule has 0 aliphatic carbocycles. The molecule has 10 heteroatoms. The predicted octanol–water partition coefficient (Wildman–Crippen LogP) is 3.66. The maximum atomic E-state index is 13.9. The maximum Gasteiger partial charge on any atom is 0.431 e. The number of alkyl halides is 3. The van der Waals surface area contributed by atoms with Gasteiger partial charge in [0, 0.05) is 19.7 Å². The van der Waals surface area contributed by atoms with Crippen molar-refractivity contribution in [2.45, 2.75) is 51.9 Å². The highest BCUT2D eigenvalue weighted by Gasteiger charge is 2.39. The fourth-order valence-electron chi connectivity index (χ4n) is 3.72. The van der Waals surface area contributed by atoms with E-state index in [9.17, 15) is 27.2 Å². The smallest absolute Gasteiger partial charge is 0.376 e. The van der Waals surface area contributed by atoms with E-state index >= 15 is 0 Å². The van der Waals surface area contributed by atoms with Crippen LogP contribution >= 0.6 is 0 Å². The summed E-state index contributed by atoms with van der Waals surface area (Å²) in [6.45, 7) is 3.22. The molecule has 33 heavy (non-hydrogen) atoms. The summed E-state index contributed by atoms with van der Waals surface area (Å²) in [6.07, 6.45) is -3.86. The van der Waals surface area contributed by atoms with Crippen LogP contribution in [0.15, 0.2) is 30.3 Å². The first kappa shape index (κ1) is 24.8. The van der Waals surface area contributed by atoms with Crippen LogP contribution in [-0.2, 0) is 28.7 Å². The van der Waals surface area contributed by atoms with E-state index < -0.39 is 41.0 Å². The van der Waals surface area contributed by atoms with Gasteiger partial charge in [-0.25, -0.2) is 4.39 Å². The predicted molar refractivity (Wildman–Crippen MR) is 113 cm³/mol. The molecule has 1 aromatic heterocycles. The number of carbonyl (C=O) groups is 2. The van der Waals surface area contributed by atoms with Gasteiger partial charge in [0.25, 0.3) is 5.91 Å². The Morgan fingerprint density at radius 3 is 2.42 bits per heavy atom. The van der Waals surface area contributed by atoms with Crippen molar-refractivity contribution in [2.24, 2.45) is 11.1 Å². The highest BCUT2D eigenvalue weighted by atomic mass is 19.4. The minimum Gasteiger partial charge on any atom is -0.376 e. The molecule has 1 aliphatic heterocycles. The summed E-state index contributed by atoms with van der Waals surface area (Å²) in [7, 11) is 0. The lowest BCUT2D eigenvalue weighted by Gasteiger charge is -2.22. The van der Waals surface area contributed by atoms with Gasteiger partial charge in [0.05, 0.1) is 11.5 Å². The number of aromatic nitrogens is 1. The molecule has 2 heterocycles. The molecular weight excluding hydrogens is 442 g/mol. The summed E-state index contributed by atoms with van der Waals surface area (Å²) in [6, 6.07) is 6.28. The van der Waals surface area contributed by atoms with E-state index in [0.717, 1.165) is 17.1 Å². The molecule has 2 amide bonds. The Balaban J connectivity index is 2.04. The zero-order valence-corrected chi connectivity index (χ0v) is 18.5. The summed E-state index contributed by atoms with van der Waals surface area (Å²) in [5, 5.41) is 2.56. The minimum atomic E-state index is -4.71. The molecule has 0 spiro atoms. The fourth-order valence-corrected chi connectivity index (χ4v) is 3.72. The van der Waals surface area contributed by atoms with Crippen molar-refractivity contribution in [3.63, 3.8) is 0 Å². The van der Waals surface area contributed by atoms with E-state index in [0.29, 0.717) is 18.6 Å². The summed E-state index contributed by atoms with van der Waals surface area (Å²) in [4.78, 5) is 24.8. The number of nitrogens with two attached hydrogens (primary N) is 1. The second-order valence-electron chi connectivity index (χ2n) is 8.88. The number of nitrogens with zero attached hydrogens (tertiary/aromatic N) is 1. The van der Waals surface area contributed by atoms with E-state index in [1.165, 1.54) is 38.1 Å². The van der Waals surface area contributed by atoms with E-state index in [1.807, 2.05) is 0 Å². The van der Waals surface area contributed by atoms with Crippen molar-refractivity contribution in [3.05, 3.63) is 58.7 Å². The van der Waals surface area contributed by atoms with Crippen LogP contribution in [0, 0.1) is 11.2 Å². The Morgan fingerprint density at radius 2 is 1.88 bits per heavy atom. The number of carbonyl (C=O) groups excluding carboxylic acids is 2. The van der Waals surface area contributed by atoms with Gasteiger partial charge in [0.15, 0.2) is 0 Å². The molecule has 1 aliphatic rings. The summed E-state index contributed by atoms with van der Waals surface area (Å²) < 4.78 is 61.6. The molecule has 1 aromatic carbocycles. The molecule has 3 rings (SSSR count). The number of amides is 2. The van der Waals surface area contributed by atoms with Crippen LogP contribution in [0.1, 0.15) is 54.0 Å². The molecule has 2 aromatic rings. The largest absolute Gasteiger partial charge is 0.431 e. The van der Waals surface area contributed by atoms with Crippen LogP contribution < -0.4 is 11.1 Å². The van der Waals surface area contributed by atoms with Crippen molar-refractivity contribution >= 4 is 11.8 Å². The molecule has 1 fully saturated rings. The summed E-state index contributed by atoms with van der Waals surface area (Å²) in [5.41, 5.74) is 3.82. The average molecular weight is 469 g/mol. The number of hydrogen-bond donors (Lipinski definition) is 2. The lowest BCUT2D eigenvalue weighted by Crippen LogP contribution is -2.43. The Kier molecular flexibility index (Phi) is 7.16. The molecular formula is C23H27F4N3O3. The monoisotopic (exact) mass is 469 g/mol. The molecule has 1 saturated heterocycles. The second kappa shape index (κ2) is 9.54. The number of benzene rings is 1. The quantitative estimate of drug-likeness (QED) is 0.579. The zero-order valence-electron chi connectivity index (χ0n) is 18.5. The van der Waals surface area contributed by atoms with Gasteiger partial charge >= 0.3 is 6.18 Å². The third kappa shape index (κ3) is 5.93. The van der Waals surface area contributed by atoms with Crippen LogP contribution in [0.4, 0.5) is 17.6 Å². The van der Waals surface area contributed by atoms with Gasteiger partial charge in [0.1, 0.15) is 17.2 Å². The molecule has 0 bridgehead atoms. The zero-order chi connectivity index (χ0) is 24.4. The van der Waals surface area contributed by atoms with Crippen molar-refractivity contribution in [3.8, 4) is 0 Å². The van der Waals surface area contributed by atoms with Crippen molar-refractivity contribution in [1.29, 1.82) is 0 Å². The third-order valence-corrected chi connectivity index (χ3v) is 5.76. The Hall–Kier alpha value is -2.88. The molecule has 1 atom stereocenters. The third-order valence-electron chi connectivity index (χ3n) is 5.76. The van der Waals surface area contributed by atoms with Gasteiger partial charge in [-0.05, 0) is 62.4 Å². The number of ether oxygens (including phenoxy) is 1. The molecule has 1 unspecified atom stereocenters. The molecule has 180 valence electrons. The molecule has 3 N–H and O–H groups in total. The molecule has 0 radical (unpaired) electrons. The van der Waals surface area contributed by atoms with Crippen LogP contribution in [0.3, 0.4) is 0 Å². The van der Waals surface area contributed by atoms with Gasteiger partial charge in [-0.1, -0.05) is 12.1 Å². The minimum absolute atomic E-state index is 0.0101. The number of primary amides is 1. The second-order valence-corrected chi connectivity index (χ2v) is 8.88. The molecule has 0 saturated carbocycles. The van der Waals surface area contributed by atoms with E-state index in [-0.39, 0.29) is 30.8 Å². The van der Waals surface area contributed by atoms with Crippen LogP contribution in [-0.4, -0.2) is 35.6 Å². The first-order chi connectivity index (χ1) is 15.4. The van der Waals surface area contributed by atoms with Gasteiger partial charge in [-0.2, -0.15) is 13.2 Å². The number of hydrogen-bond acceptors (Lipinski definition) is 3. The fraction of sp³-hybridized carbons (Fsp3) is 0.478. The Bertz CT molecular complexity index is 1010. The number of halogens is 4. The molecule has 6 nitrogen and oxygen atoms in total.